The van der Waals surface area contributed by atoms with E-state index in [0.29, 0.717) is 5.69 Å². The van der Waals surface area contributed by atoms with Crippen LogP contribution in [0.5, 0.6) is 0 Å². The predicted octanol–water partition coefficient (Wildman–Crippen LogP) is 3.07. The first-order chi connectivity index (χ1) is 11.2. The summed E-state index contributed by atoms with van der Waals surface area (Å²) < 4.78 is 40.7. The average Bonchev–Trinajstić information content (AvgIpc) is 2.48. The Morgan fingerprint density at radius 2 is 1.71 bits per heavy atom. The van der Waals surface area contributed by atoms with E-state index in [4.69, 9.17) is 0 Å². The topological polar surface area (TPSA) is 75.3 Å². The quantitative estimate of drug-likeness (QED) is 0.870. The number of benzene rings is 2. The lowest BCUT2D eigenvalue weighted by atomic mass is 10.2. The zero-order valence-corrected chi connectivity index (χ0v) is 14.4. The largest absolute Gasteiger partial charge is 0.322 e. The Labute approximate surface area is 141 Å². The van der Waals surface area contributed by atoms with Gasteiger partial charge in [0, 0.05) is 11.7 Å². The molecule has 0 radical (unpaired) electrons. The van der Waals surface area contributed by atoms with Gasteiger partial charge in [-0.05, 0) is 51.1 Å². The number of carbonyl (C=O) groups excluding carboxylic acids is 1. The molecule has 0 spiro atoms. The molecule has 0 aliphatic carbocycles. The van der Waals surface area contributed by atoms with E-state index in [1.54, 1.807) is 38.1 Å². The van der Waals surface area contributed by atoms with Gasteiger partial charge in [0.15, 0.2) is 0 Å². The molecule has 5 nitrogen and oxygen atoms in total. The van der Waals surface area contributed by atoms with E-state index in [2.05, 4.69) is 10.0 Å². The van der Waals surface area contributed by atoms with E-state index in [0.717, 1.165) is 23.8 Å². The number of rotatable bonds is 5. The summed E-state index contributed by atoms with van der Waals surface area (Å²) in [5.74, 6) is -1.50. The van der Waals surface area contributed by atoms with Crippen LogP contribution >= 0.6 is 0 Å². The van der Waals surface area contributed by atoms with Gasteiger partial charge in [-0.25, -0.2) is 17.5 Å². The lowest BCUT2D eigenvalue weighted by molar-refractivity contribution is 0.102. The highest BCUT2D eigenvalue weighted by Crippen LogP contribution is 2.18. The second kappa shape index (κ2) is 7.11. The van der Waals surface area contributed by atoms with Gasteiger partial charge in [-0.1, -0.05) is 17.7 Å². The highest BCUT2D eigenvalue weighted by atomic mass is 32.2. The van der Waals surface area contributed by atoms with Gasteiger partial charge in [0.25, 0.3) is 5.91 Å². The molecule has 0 heterocycles. The monoisotopic (exact) mass is 350 g/mol. The van der Waals surface area contributed by atoms with Crippen molar-refractivity contribution in [1.82, 2.24) is 4.72 Å². The Hall–Kier alpha value is -2.25. The fraction of sp³-hybridized carbons (Fsp3) is 0.235. The SMILES string of the molecule is Cc1ccc(NC(=O)c2cc(S(=O)(=O)NC(C)C)ccc2F)cc1. The van der Waals surface area contributed by atoms with Gasteiger partial charge in [-0.15, -0.1) is 0 Å². The number of amides is 1. The van der Waals surface area contributed by atoms with Gasteiger partial charge >= 0.3 is 0 Å². The van der Waals surface area contributed by atoms with Crippen molar-refractivity contribution >= 4 is 21.6 Å². The smallest absolute Gasteiger partial charge is 0.258 e. The standard InChI is InChI=1S/C17H19FN2O3S/c1-11(2)20-24(22,23)14-8-9-16(18)15(10-14)17(21)19-13-6-4-12(3)5-7-13/h4-11,20H,1-3H3,(H,19,21). The summed E-state index contributed by atoms with van der Waals surface area (Å²) in [5, 5.41) is 2.55. The third kappa shape index (κ3) is 4.39. The molecule has 0 aliphatic rings. The molecule has 0 saturated heterocycles. The van der Waals surface area contributed by atoms with Crippen LogP contribution in [0.4, 0.5) is 10.1 Å². The number of aryl methyl sites for hydroxylation is 1. The van der Waals surface area contributed by atoms with Crippen molar-refractivity contribution in [3.63, 3.8) is 0 Å². The minimum atomic E-state index is -3.81. The minimum absolute atomic E-state index is 0.161. The summed E-state index contributed by atoms with van der Waals surface area (Å²) in [6, 6.07) is 9.80. The summed E-state index contributed by atoms with van der Waals surface area (Å²) >= 11 is 0. The summed E-state index contributed by atoms with van der Waals surface area (Å²) in [4.78, 5) is 12.1. The zero-order valence-electron chi connectivity index (χ0n) is 13.6. The van der Waals surface area contributed by atoms with Crippen LogP contribution in [0, 0.1) is 12.7 Å². The van der Waals surface area contributed by atoms with Gasteiger partial charge < -0.3 is 5.32 Å². The molecule has 0 aromatic heterocycles. The van der Waals surface area contributed by atoms with Crippen LogP contribution in [0.1, 0.15) is 29.8 Å². The van der Waals surface area contributed by atoms with Gasteiger partial charge in [-0.2, -0.15) is 0 Å². The highest BCUT2D eigenvalue weighted by Gasteiger charge is 2.20. The van der Waals surface area contributed by atoms with Crippen LogP contribution in [0.3, 0.4) is 0 Å². The van der Waals surface area contributed by atoms with E-state index in [9.17, 15) is 17.6 Å². The van der Waals surface area contributed by atoms with Crippen molar-refractivity contribution in [2.24, 2.45) is 0 Å². The molecule has 7 heteroatoms. The van der Waals surface area contributed by atoms with Gasteiger partial charge in [0.05, 0.1) is 10.5 Å². The average molecular weight is 350 g/mol. The maximum atomic E-state index is 14.0. The van der Waals surface area contributed by atoms with Crippen LogP contribution in [-0.4, -0.2) is 20.4 Å². The number of anilines is 1. The summed E-state index contributed by atoms with van der Waals surface area (Å²) in [6.07, 6.45) is 0. The second-order valence-electron chi connectivity index (χ2n) is 5.74. The molecule has 2 aromatic carbocycles. The fourth-order valence-electron chi connectivity index (χ4n) is 2.06. The van der Waals surface area contributed by atoms with E-state index in [1.807, 2.05) is 6.92 Å². The molecule has 0 aliphatic heterocycles. The highest BCUT2D eigenvalue weighted by molar-refractivity contribution is 7.89. The number of halogens is 1. The third-order valence-corrected chi connectivity index (χ3v) is 4.85. The molecule has 24 heavy (non-hydrogen) atoms. The van der Waals surface area contributed by atoms with E-state index < -0.39 is 21.7 Å². The minimum Gasteiger partial charge on any atom is -0.322 e. The first-order valence-corrected chi connectivity index (χ1v) is 8.87. The number of nitrogens with one attached hydrogen (secondary N) is 2. The van der Waals surface area contributed by atoms with Crippen LogP contribution in [0.15, 0.2) is 47.4 Å². The van der Waals surface area contributed by atoms with E-state index in [1.165, 1.54) is 0 Å². The number of hydrogen-bond donors (Lipinski definition) is 2. The van der Waals surface area contributed by atoms with Crippen molar-refractivity contribution in [1.29, 1.82) is 0 Å². The van der Waals surface area contributed by atoms with Gasteiger partial charge in [0.1, 0.15) is 5.82 Å². The Morgan fingerprint density at radius 3 is 2.29 bits per heavy atom. The van der Waals surface area contributed by atoms with E-state index >= 15 is 0 Å². The molecule has 0 bridgehead atoms. The van der Waals surface area contributed by atoms with Gasteiger partial charge in [0.2, 0.25) is 10.0 Å². The zero-order chi connectivity index (χ0) is 17.9. The summed E-state index contributed by atoms with van der Waals surface area (Å²) in [5.41, 5.74) is 1.19. The van der Waals surface area contributed by atoms with Gasteiger partial charge in [-0.3, -0.25) is 4.79 Å². The molecule has 0 unspecified atom stereocenters. The molecular formula is C17H19FN2O3S. The molecule has 2 aromatic rings. The van der Waals surface area contributed by atoms with Crippen LogP contribution < -0.4 is 10.0 Å². The van der Waals surface area contributed by atoms with Crippen molar-refractivity contribution in [2.45, 2.75) is 31.7 Å². The lowest BCUT2D eigenvalue weighted by Crippen LogP contribution is -2.30. The number of carbonyl (C=O) groups is 1. The first-order valence-electron chi connectivity index (χ1n) is 7.39. The van der Waals surface area contributed by atoms with Crippen LogP contribution in [0.2, 0.25) is 0 Å². The Bertz CT molecular complexity index is 847. The molecule has 1 amide bonds. The molecule has 2 N–H and O–H groups in total. The molecule has 0 fully saturated rings. The van der Waals surface area contributed by atoms with Crippen molar-refractivity contribution in [3.8, 4) is 0 Å². The molecule has 2 rings (SSSR count). The molecule has 128 valence electrons. The van der Waals surface area contributed by atoms with Crippen molar-refractivity contribution in [2.75, 3.05) is 5.32 Å². The number of hydrogen-bond acceptors (Lipinski definition) is 3. The molecular weight excluding hydrogens is 331 g/mol. The molecule has 0 atom stereocenters. The molecule has 0 saturated carbocycles. The summed E-state index contributed by atoms with van der Waals surface area (Å²) in [6.45, 7) is 5.25. The maximum absolute atomic E-state index is 14.0. The predicted molar refractivity (Wildman–Crippen MR) is 91.0 cm³/mol. The lowest BCUT2D eigenvalue weighted by Gasteiger charge is -2.11. The van der Waals surface area contributed by atoms with Crippen LogP contribution in [-0.2, 0) is 10.0 Å². The Balaban J connectivity index is 2.31. The Kier molecular flexibility index (Phi) is 5.36. The maximum Gasteiger partial charge on any atom is 0.258 e. The first kappa shape index (κ1) is 18.1. The number of sulfonamides is 1. The van der Waals surface area contributed by atoms with E-state index in [-0.39, 0.29) is 16.5 Å². The van der Waals surface area contributed by atoms with Crippen molar-refractivity contribution < 1.29 is 17.6 Å². The van der Waals surface area contributed by atoms with Crippen molar-refractivity contribution in [3.05, 3.63) is 59.4 Å². The second-order valence-corrected chi connectivity index (χ2v) is 7.45. The fourth-order valence-corrected chi connectivity index (χ4v) is 3.34. The van der Waals surface area contributed by atoms with Crippen LogP contribution in [0.25, 0.3) is 0 Å². The third-order valence-electron chi connectivity index (χ3n) is 3.19. The Morgan fingerprint density at radius 1 is 1.08 bits per heavy atom. The normalized spacial score (nSPS) is 11.5. The summed E-state index contributed by atoms with van der Waals surface area (Å²) in [7, 11) is -3.81.